The molecule has 2 aromatic carbocycles. The number of thiophene rings is 1. The number of ether oxygens (including phenoxy) is 2. The van der Waals surface area contributed by atoms with Crippen molar-refractivity contribution < 1.29 is 19.1 Å². The lowest BCUT2D eigenvalue weighted by atomic mass is 9.95. The van der Waals surface area contributed by atoms with Gasteiger partial charge in [-0.2, -0.15) is 0 Å². The van der Waals surface area contributed by atoms with Gasteiger partial charge in [-0.1, -0.05) is 43.7 Å². The fraction of sp³-hybridized carbons (Fsp3) is 0.323. The zero-order chi connectivity index (χ0) is 26.5. The summed E-state index contributed by atoms with van der Waals surface area (Å²) in [5.41, 5.74) is 4.33. The number of esters is 1. The number of hydrogen-bond acceptors (Lipinski definition) is 6. The van der Waals surface area contributed by atoms with E-state index in [4.69, 9.17) is 14.5 Å². The van der Waals surface area contributed by atoms with Crippen LogP contribution in [-0.2, 0) is 17.6 Å². The van der Waals surface area contributed by atoms with E-state index in [1.165, 1.54) is 16.2 Å². The lowest BCUT2D eigenvalue weighted by molar-refractivity contribution is 0.0500. The molecule has 0 saturated heterocycles. The molecular formula is C31H32N2O4S. The van der Waals surface area contributed by atoms with Crippen molar-refractivity contribution in [3.05, 3.63) is 76.2 Å². The number of para-hydroxylation sites is 1. The van der Waals surface area contributed by atoms with Gasteiger partial charge in [0.2, 0.25) is 0 Å². The van der Waals surface area contributed by atoms with E-state index in [0.717, 1.165) is 66.3 Å². The van der Waals surface area contributed by atoms with Crippen LogP contribution in [0.1, 0.15) is 70.7 Å². The molecule has 5 rings (SSSR count). The fourth-order valence-corrected chi connectivity index (χ4v) is 6.12. The first kappa shape index (κ1) is 25.9. The highest BCUT2D eigenvalue weighted by Crippen LogP contribution is 2.39. The minimum atomic E-state index is -0.346. The number of nitrogens with one attached hydrogen (secondary N) is 1. The molecule has 0 spiro atoms. The van der Waals surface area contributed by atoms with E-state index in [9.17, 15) is 9.59 Å². The highest BCUT2D eigenvalue weighted by atomic mass is 32.1. The summed E-state index contributed by atoms with van der Waals surface area (Å²) < 4.78 is 11.3. The minimum absolute atomic E-state index is 0.271. The van der Waals surface area contributed by atoms with Gasteiger partial charge in [-0.05, 0) is 68.9 Å². The number of benzene rings is 2. The van der Waals surface area contributed by atoms with E-state index in [1.807, 2.05) is 61.5 Å². The van der Waals surface area contributed by atoms with E-state index in [0.29, 0.717) is 35.0 Å². The summed E-state index contributed by atoms with van der Waals surface area (Å²) in [7, 11) is 0. The molecule has 0 radical (unpaired) electrons. The average Bonchev–Trinajstić information content (AvgIpc) is 3.30. The van der Waals surface area contributed by atoms with Gasteiger partial charge in [0.1, 0.15) is 10.8 Å². The number of hydrogen-bond donors (Lipinski definition) is 1. The van der Waals surface area contributed by atoms with Gasteiger partial charge >= 0.3 is 5.97 Å². The molecule has 1 aliphatic rings. The highest BCUT2D eigenvalue weighted by Gasteiger charge is 2.28. The Hall–Kier alpha value is -3.71. The molecule has 1 N–H and O–H groups in total. The quantitative estimate of drug-likeness (QED) is 0.180. The van der Waals surface area contributed by atoms with Crippen molar-refractivity contribution in [1.29, 1.82) is 0 Å². The lowest BCUT2D eigenvalue weighted by Gasteiger charge is -2.13. The maximum absolute atomic E-state index is 13.8. The summed E-state index contributed by atoms with van der Waals surface area (Å²) in [5, 5.41) is 4.41. The second kappa shape index (κ2) is 11.8. The molecule has 0 bridgehead atoms. The number of aromatic nitrogens is 1. The summed E-state index contributed by atoms with van der Waals surface area (Å²) >= 11 is 1.50. The molecule has 7 heteroatoms. The normalized spacial score (nSPS) is 12.7. The van der Waals surface area contributed by atoms with Gasteiger partial charge < -0.3 is 14.8 Å². The second-order valence-electron chi connectivity index (χ2n) is 9.39. The standard InChI is InChI=1S/C31H32N2O4S/c1-3-5-17-37-31(35)28-23-14-7-9-16-27(23)38-30(28)33-29(34)24-19-26(32-25-15-8-6-13-22(24)25)20-11-10-12-21(18-20)36-4-2/h6,8,10-13,15,18-19H,3-5,7,9,14,16-17H2,1-2H3,(H,33,34). The fourth-order valence-electron chi connectivity index (χ4n) is 4.84. The Bertz CT molecular complexity index is 1480. The first-order valence-corrected chi connectivity index (χ1v) is 14.2. The number of anilines is 1. The minimum Gasteiger partial charge on any atom is -0.494 e. The molecule has 0 aliphatic heterocycles. The van der Waals surface area contributed by atoms with Crippen molar-refractivity contribution in [1.82, 2.24) is 4.98 Å². The number of amides is 1. The maximum atomic E-state index is 13.8. The molecule has 1 amide bonds. The third-order valence-electron chi connectivity index (χ3n) is 6.74. The van der Waals surface area contributed by atoms with Crippen LogP contribution in [0.15, 0.2) is 54.6 Å². The van der Waals surface area contributed by atoms with Crippen molar-refractivity contribution in [3.63, 3.8) is 0 Å². The number of carbonyl (C=O) groups excluding carboxylic acids is 2. The zero-order valence-electron chi connectivity index (χ0n) is 21.8. The van der Waals surface area contributed by atoms with Crippen molar-refractivity contribution in [2.45, 2.75) is 52.4 Å². The Morgan fingerprint density at radius 1 is 1.03 bits per heavy atom. The van der Waals surface area contributed by atoms with Gasteiger partial charge in [-0.3, -0.25) is 4.79 Å². The molecule has 4 aromatic rings. The largest absolute Gasteiger partial charge is 0.494 e. The van der Waals surface area contributed by atoms with Gasteiger partial charge in [-0.15, -0.1) is 11.3 Å². The molecule has 0 fully saturated rings. The molecule has 0 atom stereocenters. The molecule has 6 nitrogen and oxygen atoms in total. The first-order valence-electron chi connectivity index (χ1n) is 13.3. The average molecular weight is 529 g/mol. The summed E-state index contributed by atoms with van der Waals surface area (Å²) in [6, 6.07) is 17.1. The number of unbranched alkanes of at least 4 members (excludes halogenated alkanes) is 1. The number of carbonyl (C=O) groups is 2. The van der Waals surface area contributed by atoms with Crippen LogP contribution >= 0.6 is 11.3 Å². The SMILES string of the molecule is CCCCOC(=O)c1c(NC(=O)c2cc(-c3cccc(OCC)c3)nc3ccccc23)sc2c1CCCC2. The third-order valence-corrected chi connectivity index (χ3v) is 7.94. The molecule has 2 heterocycles. The van der Waals surface area contributed by atoms with E-state index in [1.54, 1.807) is 0 Å². The van der Waals surface area contributed by atoms with Crippen LogP contribution in [0.2, 0.25) is 0 Å². The van der Waals surface area contributed by atoms with Crippen molar-refractivity contribution >= 4 is 39.1 Å². The van der Waals surface area contributed by atoms with Gasteiger partial charge in [0, 0.05) is 15.8 Å². The molecule has 2 aromatic heterocycles. The Morgan fingerprint density at radius 3 is 2.71 bits per heavy atom. The summed E-state index contributed by atoms with van der Waals surface area (Å²) in [4.78, 5) is 33.0. The van der Waals surface area contributed by atoms with Crippen LogP contribution in [0.3, 0.4) is 0 Å². The van der Waals surface area contributed by atoms with E-state index in [2.05, 4.69) is 12.2 Å². The Morgan fingerprint density at radius 2 is 1.87 bits per heavy atom. The van der Waals surface area contributed by atoms with Crippen LogP contribution in [0, 0.1) is 0 Å². The van der Waals surface area contributed by atoms with E-state index >= 15 is 0 Å². The highest BCUT2D eigenvalue weighted by molar-refractivity contribution is 7.17. The monoisotopic (exact) mass is 528 g/mol. The van der Waals surface area contributed by atoms with Crippen LogP contribution in [0.5, 0.6) is 5.75 Å². The lowest BCUT2D eigenvalue weighted by Crippen LogP contribution is -2.16. The van der Waals surface area contributed by atoms with Gasteiger partial charge in [0.15, 0.2) is 0 Å². The van der Waals surface area contributed by atoms with E-state index < -0.39 is 0 Å². The van der Waals surface area contributed by atoms with Crippen LogP contribution < -0.4 is 10.1 Å². The summed E-state index contributed by atoms with van der Waals surface area (Å²) in [5.74, 6) is 0.134. The third kappa shape index (κ3) is 5.43. The van der Waals surface area contributed by atoms with Crippen molar-refractivity contribution in [2.24, 2.45) is 0 Å². The van der Waals surface area contributed by atoms with Gasteiger partial charge in [0.05, 0.1) is 35.6 Å². The van der Waals surface area contributed by atoms with Gasteiger partial charge in [0.25, 0.3) is 5.91 Å². The van der Waals surface area contributed by atoms with Crippen LogP contribution in [0.4, 0.5) is 5.00 Å². The Labute approximate surface area is 227 Å². The van der Waals surface area contributed by atoms with E-state index in [-0.39, 0.29) is 11.9 Å². The number of fused-ring (bicyclic) bond motifs is 2. The number of rotatable bonds is 9. The maximum Gasteiger partial charge on any atom is 0.341 e. The number of aryl methyl sites for hydroxylation is 1. The molecular weight excluding hydrogens is 496 g/mol. The van der Waals surface area contributed by atoms with Gasteiger partial charge in [-0.25, -0.2) is 9.78 Å². The van der Waals surface area contributed by atoms with Crippen LogP contribution in [0.25, 0.3) is 22.2 Å². The zero-order valence-corrected chi connectivity index (χ0v) is 22.7. The molecule has 0 saturated carbocycles. The van der Waals surface area contributed by atoms with Crippen molar-refractivity contribution in [2.75, 3.05) is 18.5 Å². The molecule has 1 aliphatic carbocycles. The second-order valence-corrected chi connectivity index (χ2v) is 10.5. The van der Waals surface area contributed by atoms with Crippen molar-refractivity contribution in [3.8, 4) is 17.0 Å². The Balaban J connectivity index is 1.53. The molecule has 0 unspecified atom stereocenters. The molecule has 196 valence electrons. The van der Waals surface area contributed by atoms with Crippen LogP contribution in [-0.4, -0.2) is 30.1 Å². The Kier molecular flexibility index (Phi) is 8.03. The smallest absolute Gasteiger partial charge is 0.341 e. The summed E-state index contributed by atoms with van der Waals surface area (Å²) in [6.45, 7) is 4.95. The number of nitrogens with zero attached hydrogens (tertiary/aromatic N) is 1. The summed E-state index contributed by atoms with van der Waals surface area (Å²) in [6.07, 6.45) is 5.64. The topological polar surface area (TPSA) is 77.5 Å². The number of pyridine rings is 1. The first-order chi connectivity index (χ1) is 18.6. The molecule has 38 heavy (non-hydrogen) atoms. The predicted octanol–water partition coefficient (Wildman–Crippen LogP) is 7.45. The predicted molar refractivity (Wildman–Crippen MR) is 152 cm³/mol.